The van der Waals surface area contributed by atoms with Gasteiger partial charge in [-0.15, -0.1) is 0 Å². The molecule has 1 fully saturated rings. The lowest BCUT2D eigenvalue weighted by Gasteiger charge is -2.14. The maximum atomic E-state index is 12.1. The molecule has 0 aliphatic carbocycles. The molecule has 140 valence electrons. The molecular formula is C19H26N4O3. The van der Waals surface area contributed by atoms with E-state index in [0.29, 0.717) is 31.2 Å². The van der Waals surface area contributed by atoms with E-state index < -0.39 is 12.1 Å². The van der Waals surface area contributed by atoms with E-state index in [4.69, 9.17) is 4.52 Å². The van der Waals surface area contributed by atoms with E-state index in [1.807, 2.05) is 24.3 Å². The monoisotopic (exact) mass is 358 g/mol. The molecule has 1 saturated heterocycles. The summed E-state index contributed by atoms with van der Waals surface area (Å²) in [6.07, 6.45) is 4.19. The Kier molecular flexibility index (Phi) is 6.35. The number of aromatic nitrogens is 2. The Bertz CT molecular complexity index is 714. The van der Waals surface area contributed by atoms with Gasteiger partial charge in [0, 0.05) is 18.5 Å². The highest BCUT2D eigenvalue weighted by molar-refractivity contribution is 5.82. The molecule has 0 unspecified atom stereocenters. The van der Waals surface area contributed by atoms with Crippen molar-refractivity contribution >= 4 is 5.91 Å². The predicted molar refractivity (Wildman–Crippen MR) is 97.2 cm³/mol. The number of aryl methyl sites for hydroxylation is 1. The van der Waals surface area contributed by atoms with Crippen molar-refractivity contribution < 1.29 is 14.4 Å². The van der Waals surface area contributed by atoms with E-state index >= 15 is 0 Å². The minimum absolute atomic E-state index is 0.172. The van der Waals surface area contributed by atoms with Gasteiger partial charge in [0.15, 0.2) is 0 Å². The number of benzene rings is 1. The lowest BCUT2D eigenvalue weighted by molar-refractivity contribution is -0.124. The van der Waals surface area contributed by atoms with Gasteiger partial charge >= 0.3 is 0 Å². The van der Waals surface area contributed by atoms with E-state index in [-0.39, 0.29) is 5.91 Å². The minimum atomic E-state index is -0.609. The summed E-state index contributed by atoms with van der Waals surface area (Å²) in [7, 11) is 0. The highest BCUT2D eigenvalue weighted by Gasteiger charge is 2.30. The average Bonchev–Trinajstić information content (AvgIpc) is 3.29. The number of amides is 1. The molecular weight excluding hydrogens is 332 g/mol. The van der Waals surface area contributed by atoms with E-state index in [1.54, 1.807) is 0 Å². The second-order valence-electron chi connectivity index (χ2n) is 6.67. The first kappa shape index (κ1) is 18.5. The molecule has 1 aromatic carbocycles. The maximum absolute atomic E-state index is 12.1. The van der Waals surface area contributed by atoms with Gasteiger partial charge in [0.1, 0.15) is 6.04 Å². The number of hydrogen-bond acceptors (Lipinski definition) is 6. The van der Waals surface area contributed by atoms with Crippen molar-refractivity contribution in [3.05, 3.63) is 35.7 Å². The molecule has 0 bridgehead atoms. The summed E-state index contributed by atoms with van der Waals surface area (Å²) in [4.78, 5) is 16.5. The number of nitrogens with one attached hydrogen (secondary N) is 2. The molecule has 1 aliphatic rings. The standard InChI is InChI=1S/C19H26N4O3/c1-2-3-4-5-16-22-18(23-26-16)14-8-6-13(7-9-14)12-21-19(25)17-15(24)10-11-20-17/h6-9,15,17,20,24H,2-5,10-12H2,1H3,(H,21,25)/t15-,17-/m0/s1. The van der Waals surface area contributed by atoms with Crippen molar-refractivity contribution in [2.45, 2.75) is 57.7 Å². The van der Waals surface area contributed by atoms with Crippen molar-refractivity contribution in [3.63, 3.8) is 0 Å². The van der Waals surface area contributed by atoms with Gasteiger partial charge in [-0.2, -0.15) is 4.98 Å². The molecule has 0 radical (unpaired) electrons. The van der Waals surface area contributed by atoms with E-state index in [0.717, 1.165) is 36.8 Å². The maximum Gasteiger partial charge on any atom is 0.240 e. The first-order valence-corrected chi connectivity index (χ1v) is 9.28. The van der Waals surface area contributed by atoms with Crippen LogP contribution in [0.25, 0.3) is 11.4 Å². The predicted octanol–water partition coefficient (Wildman–Crippen LogP) is 1.81. The Labute approximate surface area is 153 Å². The molecule has 2 atom stereocenters. The van der Waals surface area contributed by atoms with E-state index in [1.165, 1.54) is 0 Å². The van der Waals surface area contributed by atoms with Crippen LogP contribution in [-0.4, -0.2) is 39.8 Å². The summed E-state index contributed by atoms with van der Waals surface area (Å²) in [5.41, 5.74) is 1.86. The van der Waals surface area contributed by atoms with Crippen LogP contribution in [-0.2, 0) is 17.8 Å². The Morgan fingerprint density at radius 1 is 1.35 bits per heavy atom. The Morgan fingerprint density at radius 2 is 2.15 bits per heavy atom. The highest BCUT2D eigenvalue weighted by Crippen LogP contribution is 2.17. The largest absolute Gasteiger partial charge is 0.391 e. The van der Waals surface area contributed by atoms with Gasteiger partial charge < -0.3 is 20.3 Å². The normalized spacial score (nSPS) is 19.6. The van der Waals surface area contributed by atoms with Gasteiger partial charge in [0.05, 0.1) is 6.10 Å². The number of carbonyl (C=O) groups is 1. The van der Waals surface area contributed by atoms with Crippen molar-refractivity contribution in [1.82, 2.24) is 20.8 Å². The first-order chi connectivity index (χ1) is 12.7. The number of unbranched alkanes of at least 4 members (excludes halogenated alkanes) is 2. The molecule has 1 aromatic heterocycles. The van der Waals surface area contributed by atoms with Crippen molar-refractivity contribution in [2.24, 2.45) is 0 Å². The highest BCUT2D eigenvalue weighted by atomic mass is 16.5. The molecule has 7 nitrogen and oxygen atoms in total. The van der Waals surface area contributed by atoms with Crippen molar-refractivity contribution in [1.29, 1.82) is 0 Å². The fourth-order valence-electron chi connectivity index (χ4n) is 3.03. The molecule has 1 aliphatic heterocycles. The second-order valence-corrected chi connectivity index (χ2v) is 6.67. The van der Waals surface area contributed by atoms with Gasteiger partial charge in [-0.1, -0.05) is 49.2 Å². The Morgan fingerprint density at radius 3 is 2.85 bits per heavy atom. The van der Waals surface area contributed by atoms with Gasteiger partial charge in [-0.25, -0.2) is 0 Å². The van der Waals surface area contributed by atoms with Crippen molar-refractivity contribution in [3.8, 4) is 11.4 Å². The van der Waals surface area contributed by atoms with Crippen molar-refractivity contribution in [2.75, 3.05) is 6.54 Å². The van der Waals surface area contributed by atoms with Gasteiger partial charge in [0.2, 0.25) is 17.6 Å². The summed E-state index contributed by atoms with van der Waals surface area (Å²) in [6.45, 7) is 3.24. The van der Waals surface area contributed by atoms with Gasteiger partial charge in [0.25, 0.3) is 0 Å². The average molecular weight is 358 g/mol. The number of rotatable bonds is 8. The third-order valence-electron chi connectivity index (χ3n) is 4.61. The third-order valence-corrected chi connectivity index (χ3v) is 4.61. The summed E-state index contributed by atoms with van der Waals surface area (Å²) in [5.74, 6) is 1.09. The molecule has 3 rings (SSSR count). The van der Waals surface area contributed by atoms with Crippen LogP contribution in [0.2, 0.25) is 0 Å². The summed E-state index contributed by atoms with van der Waals surface area (Å²) in [5, 5.41) is 19.6. The minimum Gasteiger partial charge on any atom is -0.391 e. The van der Waals surface area contributed by atoms with Gasteiger partial charge in [-0.3, -0.25) is 4.79 Å². The topological polar surface area (TPSA) is 100 Å². The molecule has 2 heterocycles. The number of hydrogen-bond donors (Lipinski definition) is 3. The molecule has 1 amide bonds. The smallest absolute Gasteiger partial charge is 0.240 e. The van der Waals surface area contributed by atoms with Crippen LogP contribution in [0, 0.1) is 0 Å². The van der Waals surface area contributed by atoms with E-state index in [9.17, 15) is 9.90 Å². The molecule has 0 spiro atoms. The lowest BCUT2D eigenvalue weighted by atomic mass is 10.1. The lowest BCUT2D eigenvalue weighted by Crippen LogP contribution is -2.45. The zero-order chi connectivity index (χ0) is 18.4. The van der Waals surface area contributed by atoms with Crippen LogP contribution in [0.5, 0.6) is 0 Å². The van der Waals surface area contributed by atoms with Crippen LogP contribution >= 0.6 is 0 Å². The summed E-state index contributed by atoms with van der Waals surface area (Å²) >= 11 is 0. The van der Waals surface area contributed by atoms with Crippen LogP contribution < -0.4 is 10.6 Å². The molecule has 0 saturated carbocycles. The number of carbonyl (C=O) groups excluding carboxylic acids is 1. The van der Waals surface area contributed by atoms with Crippen LogP contribution in [0.15, 0.2) is 28.8 Å². The number of nitrogens with zero attached hydrogens (tertiary/aromatic N) is 2. The quantitative estimate of drug-likeness (QED) is 0.622. The first-order valence-electron chi connectivity index (χ1n) is 9.28. The zero-order valence-electron chi connectivity index (χ0n) is 15.1. The number of aliphatic hydroxyl groups is 1. The molecule has 3 N–H and O–H groups in total. The molecule has 7 heteroatoms. The van der Waals surface area contributed by atoms with Crippen LogP contribution in [0.1, 0.15) is 44.1 Å². The Hall–Kier alpha value is -2.25. The molecule has 2 aromatic rings. The SMILES string of the molecule is CCCCCc1nc(-c2ccc(CNC(=O)[C@H]3NCC[C@@H]3O)cc2)no1. The van der Waals surface area contributed by atoms with Crippen LogP contribution in [0.3, 0.4) is 0 Å². The second kappa shape index (κ2) is 8.91. The Balaban J connectivity index is 1.52. The summed E-state index contributed by atoms with van der Waals surface area (Å²) in [6, 6.07) is 7.19. The molecule has 26 heavy (non-hydrogen) atoms. The van der Waals surface area contributed by atoms with E-state index in [2.05, 4.69) is 27.7 Å². The zero-order valence-corrected chi connectivity index (χ0v) is 15.1. The third kappa shape index (κ3) is 4.68. The fourth-order valence-corrected chi connectivity index (χ4v) is 3.03. The number of aliphatic hydroxyl groups excluding tert-OH is 1. The van der Waals surface area contributed by atoms with Crippen LogP contribution in [0.4, 0.5) is 0 Å². The van der Waals surface area contributed by atoms with Gasteiger partial charge in [-0.05, 0) is 24.9 Å². The fraction of sp³-hybridized carbons (Fsp3) is 0.526. The summed E-state index contributed by atoms with van der Waals surface area (Å²) < 4.78 is 5.29.